The molecule has 0 aromatic heterocycles. The molecule has 0 unspecified atom stereocenters. The van der Waals surface area contributed by atoms with Gasteiger partial charge in [-0.25, -0.2) is 0 Å². The molecule has 0 saturated carbocycles. The van der Waals surface area contributed by atoms with E-state index in [1.807, 2.05) is 6.07 Å². The standard InChI is InChI=1S/C12H16ClNO2/c1-2-9-8(3-4-14)7-10-12(11(9)13)16-6-5-15-10/h7H,2-6,14H2,1H3. The van der Waals surface area contributed by atoms with E-state index in [0.717, 1.165) is 24.2 Å². The van der Waals surface area contributed by atoms with Crippen molar-refractivity contribution in [1.82, 2.24) is 0 Å². The van der Waals surface area contributed by atoms with Crippen molar-refractivity contribution in [2.45, 2.75) is 19.8 Å². The van der Waals surface area contributed by atoms with Crippen molar-refractivity contribution in [3.05, 3.63) is 22.2 Å². The number of halogens is 1. The lowest BCUT2D eigenvalue weighted by atomic mass is 10.0. The molecule has 1 aliphatic rings. The van der Waals surface area contributed by atoms with Gasteiger partial charge in [-0.15, -0.1) is 0 Å². The van der Waals surface area contributed by atoms with Crippen molar-refractivity contribution in [1.29, 1.82) is 0 Å². The molecule has 3 nitrogen and oxygen atoms in total. The zero-order valence-electron chi connectivity index (χ0n) is 9.38. The molecule has 2 rings (SSSR count). The third kappa shape index (κ3) is 1.97. The first-order valence-corrected chi connectivity index (χ1v) is 5.95. The molecule has 0 saturated heterocycles. The highest BCUT2D eigenvalue weighted by Gasteiger charge is 2.20. The first-order chi connectivity index (χ1) is 7.77. The van der Waals surface area contributed by atoms with Gasteiger partial charge in [-0.1, -0.05) is 18.5 Å². The Morgan fingerprint density at radius 2 is 2.12 bits per heavy atom. The number of fused-ring (bicyclic) bond motifs is 1. The Morgan fingerprint density at radius 1 is 1.38 bits per heavy atom. The number of ether oxygens (including phenoxy) is 2. The van der Waals surface area contributed by atoms with E-state index in [4.69, 9.17) is 26.8 Å². The van der Waals surface area contributed by atoms with Crippen molar-refractivity contribution >= 4 is 11.6 Å². The summed E-state index contributed by atoms with van der Waals surface area (Å²) in [6.45, 7) is 3.84. The molecule has 0 aliphatic carbocycles. The average molecular weight is 242 g/mol. The van der Waals surface area contributed by atoms with Gasteiger partial charge in [0.1, 0.15) is 13.2 Å². The lowest BCUT2D eigenvalue weighted by molar-refractivity contribution is 0.171. The fraction of sp³-hybridized carbons (Fsp3) is 0.500. The summed E-state index contributed by atoms with van der Waals surface area (Å²) in [7, 11) is 0. The molecule has 1 heterocycles. The van der Waals surface area contributed by atoms with Gasteiger partial charge in [0.15, 0.2) is 11.5 Å². The van der Waals surface area contributed by atoms with Crippen molar-refractivity contribution in [3.63, 3.8) is 0 Å². The first kappa shape index (κ1) is 11.6. The van der Waals surface area contributed by atoms with E-state index in [9.17, 15) is 0 Å². The molecule has 1 aliphatic heterocycles. The summed E-state index contributed by atoms with van der Waals surface area (Å²) in [5, 5.41) is 0.683. The maximum absolute atomic E-state index is 6.32. The van der Waals surface area contributed by atoms with Crippen LogP contribution in [0.5, 0.6) is 11.5 Å². The van der Waals surface area contributed by atoms with E-state index in [-0.39, 0.29) is 0 Å². The van der Waals surface area contributed by atoms with Crippen LogP contribution in [0, 0.1) is 0 Å². The van der Waals surface area contributed by atoms with E-state index < -0.39 is 0 Å². The van der Waals surface area contributed by atoms with Crippen LogP contribution in [-0.4, -0.2) is 19.8 Å². The molecule has 1 aromatic carbocycles. The Labute approximate surface area is 100 Å². The smallest absolute Gasteiger partial charge is 0.180 e. The van der Waals surface area contributed by atoms with Crippen LogP contribution >= 0.6 is 11.6 Å². The molecule has 0 radical (unpaired) electrons. The molecule has 0 amide bonds. The Kier molecular flexibility index (Phi) is 3.56. The molecular weight excluding hydrogens is 226 g/mol. The fourth-order valence-electron chi connectivity index (χ4n) is 1.99. The topological polar surface area (TPSA) is 44.5 Å². The third-order valence-electron chi connectivity index (χ3n) is 2.74. The summed E-state index contributed by atoms with van der Waals surface area (Å²) >= 11 is 6.32. The van der Waals surface area contributed by atoms with E-state index in [0.29, 0.717) is 30.5 Å². The van der Waals surface area contributed by atoms with Crippen molar-refractivity contribution in [2.24, 2.45) is 5.73 Å². The summed E-state index contributed by atoms with van der Waals surface area (Å²) in [5.41, 5.74) is 7.88. The van der Waals surface area contributed by atoms with Crippen LogP contribution in [0.3, 0.4) is 0 Å². The van der Waals surface area contributed by atoms with Crippen LogP contribution in [0.25, 0.3) is 0 Å². The van der Waals surface area contributed by atoms with Gasteiger partial charge < -0.3 is 15.2 Å². The molecule has 1 aromatic rings. The van der Waals surface area contributed by atoms with Gasteiger partial charge in [0.25, 0.3) is 0 Å². The Bertz CT molecular complexity index is 393. The van der Waals surface area contributed by atoms with Crippen LogP contribution < -0.4 is 15.2 Å². The highest BCUT2D eigenvalue weighted by Crippen LogP contribution is 2.41. The van der Waals surface area contributed by atoms with Crippen LogP contribution in [0.1, 0.15) is 18.1 Å². The van der Waals surface area contributed by atoms with Crippen LogP contribution in [0.4, 0.5) is 0 Å². The SMILES string of the molecule is CCc1c(CCN)cc2c(c1Cl)OCCO2. The molecule has 4 heteroatoms. The number of hydrogen-bond donors (Lipinski definition) is 1. The summed E-state index contributed by atoms with van der Waals surface area (Å²) < 4.78 is 11.1. The second-order valence-corrected chi connectivity index (χ2v) is 4.12. The number of nitrogens with two attached hydrogens (primary N) is 1. The normalized spacial score (nSPS) is 13.9. The lowest BCUT2D eigenvalue weighted by Crippen LogP contribution is -2.17. The minimum Gasteiger partial charge on any atom is -0.486 e. The fourth-order valence-corrected chi connectivity index (χ4v) is 2.40. The highest BCUT2D eigenvalue weighted by molar-refractivity contribution is 6.33. The van der Waals surface area contributed by atoms with Gasteiger partial charge in [-0.3, -0.25) is 0 Å². The third-order valence-corrected chi connectivity index (χ3v) is 3.14. The predicted octanol–water partition coefficient (Wildman–Crippen LogP) is 2.17. The summed E-state index contributed by atoms with van der Waals surface area (Å²) in [6, 6.07) is 2.01. The van der Waals surface area contributed by atoms with Crippen molar-refractivity contribution < 1.29 is 9.47 Å². The molecule has 0 spiro atoms. The largest absolute Gasteiger partial charge is 0.486 e. The summed E-state index contributed by atoms with van der Waals surface area (Å²) in [6.07, 6.45) is 1.70. The van der Waals surface area contributed by atoms with Gasteiger partial charge in [0, 0.05) is 0 Å². The average Bonchev–Trinajstić information content (AvgIpc) is 2.30. The number of benzene rings is 1. The Morgan fingerprint density at radius 3 is 2.81 bits per heavy atom. The Hall–Kier alpha value is -0.930. The monoisotopic (exact) mass is 241 g/mol. The second kappa shape index (κ2) is 4.93. The lowest BCUT2D eigenvalue weighted by Gasteiger charge is -2.22. The van der Waals surface area contributed by atoms with E-state index >= 15 is 0 Å². The molecule has 0 atom stereocenters. The van der Waals surface area contributed by atoms with Gasteiger partial charge in [-0.2, -0.15) is 0 Å². The van der Waals surface area contributed by atoms with Crippen LogP contribution in [-0.2, 0) is 12.8 Å². The number of rotatable bonds is 3. The Balaban J connectivity index is 2.50. The van der Waals surface area contributed by atoms with E-state index in [1.165, 1.54) is 5.56 Å². The number of hydrogen-bond acceptors (Lipinski definition) is 3. The van der Waals surface area contributed by atoms with Gasteiger partial charge in [0.05, 0.1) is 5.02 Å². The molecule has 16 heavy (non-hydrogen) atoms. The van der Waals surface area contributed by atoms with E-state index in [2.05, 4.69) is 6.92 Å². The molecule has 0 bridgehead atoms. The zero-order chi connectivity index (χ0) is 11.5. The first-order valence-electron chi connectivity index (χ1n) is 5.57. The minimum absolute atomic E-state index is 0.562. The highest BCUT2D eigenvalue weighted by atomic mass is 35.5. The van der Waals surface area contributed by atoms with Crippen LogP contribution in [0.15, 0.2) is 6.07 Å². The van der Waals surface area contributed by atoms with Crippen LogP contribution in [0.2, 0.25) is 5.02 Å². The zero-order valence-corrected chi connectivity index (χ0v) is 10.1. The summed E-state index contributed by atoms with van der Waals surface area (Å²) in [5.74, 6) is 1.43. The van der Waals surface area contributed by atoms with Gasteiger partial charge >= 0.3 is 0 Å². The van der Waals surface area contributed by atoms with Crippen molar-refractivity contribution in [3.8, 4) is 11.5 Å². The van der Waals surface area contributed by atoms with Crippen molar-refractivity contribution in [2.75, 3.05) is 19.8 Å². The van der Waals surface area contributed by atoms with Gasteiger partial charge in [-0.05, 0) is 36.6 Å². The quantitative estimate of drug-likeness (QED) is 0.882. The maximum Gasteiger partial charge on any atom is 0.180 e. The van der Waals surface area contributed by atoms with Gasteiger partial charge in [0.2, 0.25) is 0 Å². The molecular formula is C12H16ClNO2. The molecule has 88 valence electrons. The second-order valence-electron chi connectivity index (χ2n) is 3.74. The molecule has 0 fully saturated rings. The summed E-state index contributed by atoms with van der Waals surface area (Å²) in [4.78, 5) is 0. The minimum atomic E-state index is 0.562. The predicted molar refractivity (Wildman–Crippen MR) is 64.6 cm³/mol. The van der Waals surface area contributed by atoms with E-state index in [1.54, 1.807) is 0 Å². The maximum atomic E-state index is 6.32. The molecule has 2 N–H and O–H groups in total.